The van der Waals surface area contributed by atoms with Crippen molar-refractivity contribution in [2.75, 3.05) is 18.4 Å². The molecule has 0 unspecified atom stereocenters. The Kier molecular flexibility index (Phi) is 5.12. The van der Waals surface area contributed by atoms with E-state index in [1.807, 2.05) is 0 Å². The first kappa shape index (κ1) is 18.0. The number of benzene rings is 1. The van der Waals surface area contributed by atoms with E-state index in [4.69, 9.17) is 23.2 Å². The summed E-state index contributed by atoms with van der Waals surface area (Å²) >= 11 is 11.7. The molecule has 1 aromatic rings. The van der Waals surface area contributed by atoms with Gasteiger partial charge in [-0.25, -0.2) is 8.42 Å². The summed E-state index contributed by atoms with van der Waals surface area (Å²) in [4.78, 5) is 12.2. The van der Waals surface area contributed by atoms with Crippen LogP contribution in [0.2, 0.25) is 0 Å². The van der Waals surface area contributed by atoms with Crippen LogP contribution in [0.3, 0.4) is 0 Å². The summed E-state index contributed by atoms with van der Waals surface area (Å²) in [6, 6.07) is 6.24. The standard InChI is InChI=1S/C16H20Cl2N2O3S/c17-16(18)11-14(16)15(21)19-12-5-7-13(8-6-12)24(22,23)20-9-3-1-2-4-10-20/h5-8,14H,1-4,9-11H2,(H,19,21)/t14-/m1/s1. The molecule has 1 aliphatic carbocycles. The van der Waals surface area contributed by atoms with Gasteiger partial charge in [0, 0.05) is 18.8 Å². The number of anilines is 1. The molecule has 1 saturated heterocycles. The smallest absolute Gasteiger partial charge is 0.243 e. The maximum absolute atomic E-state index is 12.7. The van der Waals surface area contributed by atoms with Crippen LogP contribution in [-0.4, -0.2) is 36.1 Å². The maximum atomic E-state index is 12.7. The number of hydrogen-bond donors (Lipinski definition) is 1. The number of amides is 1. The van der Waals surface area contributed by atoms with E-state index in [0.29, 0.717) is 25.2 Å². The van der Waals surface area contributed by atoms with E-state index in [-0.39, 0.29) is 10.8 Å². The van der Waals surface area contributed by atoms with Crippen molar-refractivity contribution in [3.05, 3.63) is 24.3 Å². The third-order valence-electron chi connectivity index (χ3n) is 4.47. The van der Waals surface area contributed by atoms with E-state index in [1.165, 1.54) is 12.1 Å². The van der Waals surface area contributed by atoms with Crippen molar-refractivity contribution in [1.82, 2.24) is 4.31 Å². The second kappa shape index (κ2) is 6.83. The Hall–Kier alpha value is -0.820. The molecule has 5 nitrogen and oxygen atoms in total. The highest BCUT2D eigenvalue weighted by molar-refractivity contribution is 7.89. The molecule has 8 heteroatoms. The highest BCUT2D eigenvalue weighted by Crippen LogP contribution is 2.53. The monoisotopic (exact) mass is 390 g/mol. The Balaban J connectivity index is 1.68. The molecule has 3 rings (SSSR count). The van der Waals surface area contributed by atoms with Crippen LogP contribution in [0.25, 0.3) is 0 Å². The first-order valence-electron chi connectivity index (χ1n) is 8.10. The van der Waals surface area contributed by atoms with Gasteiger partial charge in [0.1, 0.15) is 4.33 Å². The normalized spacial score (nSPS) is 24.2. The predicted molar refractivity (Wildman–Crippen MR) is 94.8 cm³/mol. The predicted octanol–water partition coefficient (Wildman–Crippen LogP) is 3.38. The minimum Gasteiger partial charge on any atom is -0.326 e. The Bertz CT molecular complexity index is 711. The number of nitrogens with zero attached hydrogens (tertiary/aromatic N) is 1. The Morgan fingerprint density at radius 3 is 2.12 bits per heavy atom. The van der Waals surface area contributed by atoms with Gasteiger partial charge >= 0.3 is 0 Å². The van der Waals surface area contributed by atoms with Gasteiger partial charge in [0.25, 0.3) is 0 Å². The van der Waals surface area contributed by atoms with Gasteiger partial charge in [-0.15, -0.1) is 23.2 Å². The van der Waals surface area contributed by atoms with E-state index >= 15 is 0 Å². The lowest BCUT2D eigenvalue weighted by molar-refractivity contribution is -0.117. The lowest BCUT2D eigenvalue weighted by Crippen LogP contribution is -2.31. The largest absolute Gasteiger partial charge is 0.326 e. The van der Waals surface area contributed by atoms with Crippen LogP contribution in [0.4, 0.5) is 5.69 Å². The van der Waals surface area contributed by atoms with Gasteiger partial charge in [-0.2, -0.15) is 4.31 Å². The van der Waals surface area contributed by atoms with Crippen molar-refractivity contribution in [1.29, 1.82) is 0 Å². The first-order chi connectivity index (χ1) is 11.3. The van der Waals surface area contributed by atoms with Crippen LogP contribution in [0.5, 0.6) is 0 Å². The summed E-state index contributed by atoms with van der Waals surface area (Å²) in [5.41, 5.74) is 0.533. The summed E-state index contributed by atoms with van der Waals surface area (Å²) in [6.07, 6.45) is 4.37. The van der Waals surface area contributed by atoms with E-state index in [1.54, 1.807) is 16.4 Å². The molecule has 0 radical (unpaired) electrons. The molecular formula is C16H20Cl2N2O3S. The molecule has 2 aliphatic rings. The first-order valence-corrected chi connectivity index (χ1v) is 10.3. The molecule has 2 fully saturated rings. The lowest BCUT2D eigenvalue weighted by Gasteiger charge is -2.20. The molecule has 1 N–H and O–H groups in total. The zero-order valence-electron chi connectivity index (χ0n) is 13.2. The minimum atomic E-state index is -3.47. The molecule has 1 saturated carbocycles. The summed E-state index contributed by atoms with van der Waals surface area (Å²) in [7, 11) is -3.47. The average Bonchev–Trinajstić information content (AvgIpc) is 3.25. The van der Waals surface area contributed by atoms with Crippen LogP contribution in [0, 0.1) is 5.92 Å². The summed E-state index contributed by atoms with van der Waals surface area (Å²) in [5.74, 6) is -0.663. The van der Waals surface area contributed by atoms with Crippen molar-refractivity contribution >= 4 is 44.8 Å². The van der Waals surface area contributed by atoms with Gasteiger partial charge in [0.05, 0.1) is 10.8 Å². The number of hydrogen-bond acceptors (Lipinski definition) is 3. The van der Waals surface area contributed by atoms with Crippen LogP contribution < -0.4 is 5.32 Å². The molecule has 1 aliphatic heterocycles. The number of nitrogens with one attached hydrogen (secondary N) is 1. The van der Waals surface area contributed by atoms with Crippen molar-refractivity contribution in [2.45, 2.75) is 41.3 Å². The fraction of sp³-hybridized carbons (Fsp3) is 0.562. The number of rotatable bonds is 4. The number of carbonyl (C=O) groups excluding carboxylic acids is 1. The number of alkyl halides is 2. The molecule has 0 bridgehead atoms. The number of carbonyl (C=O) groups is 1. The lowest BCUT2D eigenvalue weighted by atomic mass is 10.2. The summed E-state index contributed by atoms with van der Waals surface area (Å²) < 4.78 is 25.9. The molecular weight excluding hydrogens is 371 g/mol. The maximum Gasteiger partial charge on any atom is 0.243 e. The van der Waals surface area contributed by atoms with Crippen molar-refractivity contribution in [3.63, 3.8) is 0 Å². The van der Waals surface area contributed by atoms with Gasteiger partial charge in [-0.05, 0) is 43.5 Å². The molecule has 1 aromatic carbocycles. The summed E-state index contributed by atoms with van der Waals surface area (Å²) in [5, 5.41) is 2.71. The average molecular weight is 391 g/mol. The zero-order valence-corrected chi connectivity index (χ0v) is 15.5. The van der Waals surface area contributed by atoms with E-state index < -0.39 is 20.3 Å². The van der Waals surface area contributed by atoms with Crippen molar-refractivity contribution in [3.8, 4) is 0 Å². The highest BCUT2D eigenvalue weighted by Gasteiger charge is 2.56. The third kappa shape index (κ3) is 3.87. The topological polar surface area (TPSA) is 66.5 Å². The third-order valence-corrected chi connectivity index (χ3v) is 7.22. The Morgan fingerprint density at radius 2 is 1.62 bits per heavy atom. The molecule has 24 heavy (non-hydrogen) atoms. The Labute approximate surface area is 152 Å². The quantitative estimate of drug-likeness (QED) is 0.801. The fourth-order valence-electron chi connectivity index (χ4n) is 2.87. The van der Waals surface area contributed by atoms with E-state index in [2.05, 4.69) is 5.32 Å². The fourth-order valence-corrected chi connectivity index (χ4v) is 4.89. The van der Waals surface area contributed by atoms with Crippen LogP contribution in [-0.2, 0) is 14.8 Å². The van der Waals surface area contributed by atoms with Gasteiger partial charge in [-0.3, -0.25) is 4.79 Å². The molecule has 1 heterocycles. The van der Waals surface area contributed by atoms with Gasteiger partial charge < -0.3 is 5.32 Å². The van der Waals surface area contributed by atoms with Gasteiger partial charge in [0.15, 0.2) is 0 Å². The number of sulfonamides is 1. The minimum absolute atomic E-state index is 0.247. The van der Waals surface area contributed by atoms with Crippen molar-refractivity contribution < 1.29 is 13.2 Å². The highest BCUT2D eigenvalue weighted by atomic mass is 35.5. The van der Waals surface area contributed by atoms with E-state index in [9.17, 15) is 13.2 Å². The van der Waals surface area contributed by atoms with Gasteiger partial charge in [-0.1, -0.05) is 12.8 Å². The second-order valence-electron chi connectivity index (χ2n) is 6.35. The Morgan fingerprint density at radius 1 is 1.08 bits per heavy atom. The molecule has 0 spiro atoms. The molecule has 1 atom stereocenters. The molecule has 132 valence electrons. The van der Waals surface area contributed by atoms with Crippen molar-refractivity contribution in [2.24, 2.45) is 5.92 Å². The molecule has 0 aromatic heterocycles. The SMILES string of the molecule is O=C(Nc1ccc(S(=O)(=O)N2CCCCCC2)cc1)[C@H]1CC1(Cl)Cl. The molecule has 1 amide bonds. The zero-order chi connectivity index (χ0) is 17.4. The van der Waals surface area contributed by atoms with Crippen LogP contribution >= 0.6 is 23.2 Å². The van der Waals surface area contributed by atoms with Crippen LogP contribution in [0.15, 0.2) is 29.2 Å². The van der Waals surface area contributed by atoms with Gasteiger partial charge in [0.2, 0.25) is 15.9 Å². The number of halogens is 2. The second-order valence-corrected chi connectivity index (χ2v) is 9.83. The van der Waals surface area contributed by atoms with Crippen LogP contribution in [0.1, 0.15) is 32.1 Å². The summed E-state index contributed by atoms with van der Waals surface area (Å²) in [6.45, 7) is 1.13. The van der Waals surface area contributed by atoms with E-state index in [0.717, 1.165) is 25.7 Å².